The predicted octanol–water partition coefficient (Wildman–Crippen LogP) is 5.02. The highest BCUT2D eigenvalue weighted by Crippen LogP contribution is 2.46. The van der Waals surface area contributed by atoms with Gasteiger partial charge in [-0.3, -0.25) is 19.1 Å². The molecular weight excluding hydrogens is 833 g/mol. The van der Waals surface area contributed by atoms with Crippen molar-refractivity contribution in [3.05, 3.63) is 23.6 Å². The average molecular weight is 889 g/mol. The van der Waals surface area contributed by atoms with Gasteiger partial charge in [-0.05, 0) is 65.2 Å². The van der Waals surface area contributed by atoms with Gasteiger partial charge in [0, 0.05) is 31.6 Å². The van der Waals surface area contributed by atoms with Crippen molar-refractivity contribution in [1.29, 1.82) is 0 Å². The molecule has 2 aliphatic carbocycles. The van der Waals surface area contributed by atoms with Crippen LogP contribution in [0.5, 0.6) is 11.6 Å². The first-order chi connectivity index (χ1) is 28.3. The molecule has 3 aliphatic rings. The molecule has 4 amide bonds. The van der Waals surface area contributed by atoms with Crippen molar-refractivity contribution in [2.24, 2.45) is 17.8 Å². The van der Waals surface area contributed by atoms with Crippen LogP contribution in [0.2, 0.25) is 0 Å². The monoisotopic (exact) mass is 888 g/mol. The minimum atomic E-state index is -5.15. The molecule has 1 aliphatic heterocycles. The van der Waals surface area contributed by atoms with Crippen molar-refractivity contribution >= 4 is 44.9 Å². The second-order valence-corrected chi connectivity index (χ2v) is 19.9. The molecule has 1 aromatic carbocycles. The van der Waals surface area contributed by atoms with E-state index < -0.39 is 122 Å². The van der Waals surface area contributed by atoms with E-state index in [-0.39, 0.29) is 30.2 Å². The van der Waals surface area contributed by atoms with Crippen LogP contribution >= 0.6 is 0 Å². The van der Waals surface area contributed by atoms with Crippen molar-refractivity contribution in [3.8, 4) is 11.6 Å². The molecule has 16 nitrogen and oxygen atoms in total. The minimum absolute atomic E-state index is 0.0231. The first-order valence-corrected chi connectivity index (χ1v) is 21.7. The Morgan fingerprint density at radius 3 is 2.25 bits per heavy atom. The zero-order chi connectivity index (χ0) is 45.5. The summed E-state index contributed by atoms with van der Waals surface area (Å²) in [5, 5.41) is 5.31. The molecule has 7 atom stereocenters. The maximum Gasteiger partial charge on any atom is 0.438 e. The highest BCUT2D eigenvalue weighted by atomic mass is 32.2. The summed E-state index contributed by atoms with van der Waals surface area (Å²) in [6.45, 7) is 11.4. The van der Waals surface area contributed by atoms with Gasteiger partial charge in [0.05, 0.1) is 36.0 Å². The Morgan fingerprint density at radius 1 is 1.07 bits per heavy atom. The topological polar surface area (TPSA) is 204 Å². The molecule has 0 bridgehead atoms. The van der Waals surface area contributed by atoms with Crippen molar-refractivity contribution in [2.45, 2.75) is 134 Å². The van der Waals surface area contributed by atoms with E-state index in [4.69, 9.17) is 18.9 Å². The molecule has 7 unspecified atom stereocenters. The molecule has 3 N–H and O–H groups in total. The Balaban J connectivity index is 1.55. The van der Waals surface area contributed by atoms with E-state index in [1.165, 1.54) is 14.0 Å². The number of methoxy groups -OCH3 is 2. The van der Waals surface area contributed by atoms with Crippen molar-refractivity contribution in [2.75, 3.05) is 27.4 Å². The molecule has 2 aromatic rings. The fourth-order valence-corrected chi connectivity index (χ4v) is 9.00. The van der Waals surface area contributed by atoms with Gasteiger partial charge < -0.3 is 34.5 Å². The molecule has 2 saturated carbocycles. The predicted molar refractivity (Wildman–Crippen MR) is 212 cm³/mol. The summed E-state index contributed by atoms with van der Waals surface area (Å²) < 4.78 is 107. The van der Waals surface area contributed by atoms with E-state index in [1.54, 1.807) is 27.7 Å². The molecule has 5 rings (SSSR count). The molecule has 1 aromatic heterocycles. The summed E-state index contributed by atoms with van der Waals surface area (Å²) in [6, 6.07) is -1.14. The van der Waals surface area contributed by atoms with Gasteiger partial charge in [-0.1, -0.05) is 33.6 Å². The molecule has 0 radical (unpaired) electrons. The van der Waals surface area contributed by atoms with Crippen LogP contribution in [-0.4, -0.2) is 109 Å². The van der Waals surface area contributed by atoms with Gasteiger partial charge >= 0.3 is 12.3 Å². The van der Waals surface area contributed by atoms with Crippen molar-refractivity contribution in [3.63, 3.8) is 0 Å². The van der Waals surface area contributed by atoms with Crippen LogP contribution in [0.3, 0.4) is 0 Å². The number of carbonyl (C=O) groups excluding carboxylic acids is 4. The number of benzene rings is 1. The van der Waals surface area contributed by atoms with E-state index in [0.717, 1.165) is 37.0 Å². The number of hydrogen-bond acceptors (Lipinski definition) is 12. The maximum absolute atomic E-state index is 15.0. The maximum atomic E-state index is 15.0. The second kappa shape index (κ2) is 17.7. The standard InChI is InChI=1S/C40H56F4N6O10S/c1-10-11-21(2)14-23(20-57-8)30(47-36(54)60-37(4,5)6)34(52)50-19-24(59-33-31(40(42,43)44)45-26-16-25(41)29(58-9)17-27(26)46-33)15-28(50)32(51)48-39(18-22(39)3)35(53)49-61(55,56)38(7)12-13-38/h16-17,21-24,28,30H,10-15,18-20H2,1-9H3,(H,47,54)(H,48,51)(H,49,53). The number of amides is 4. The molecular formula is C40H56F4N6O10S. The highest BCUT2D eigenvalue weighted by Gasteiger charge is 2.62. The summed E-state index contributed by atoms with van der Waals surface area (Å²) in [6.07, 6.45) is -5.22. The number of rotatable bonds is 17. The summed E-state index contributed by atoms with van der Waals surface area (Å²) in [7, 11) is -1.54. The van der Waals surface area contributed by atoms with Crippen LogP contribution < -0.4 is 24.8 Å². The van der Waals surface area contributed by atoms with Crippen LogP contribution in [0.15, 0.2) is 12.1 Å². The van der Waals surface area contributed by atoms with Gasteiger partial charge in [0.25, 0.3) is 5.91 Å². The Bertz CT molecular complexity index is 2110. The number of carbonyl (C=O) groups is 4. The number of halogens is 4. The molecule has 2 heterocycles. The number of alkyl halides is 3. The lowest BCUT2D eigenvalue weighted by atomic mass is 9.87. The van der Waals surface area contributed by atoms with E-state index >= 15 is 0 Å². The lowest BCUT2D eigenvalue weighted by molar-refractivity contribution is -0.143. The zero-order valence-electron chi connectivity index (χ0n) is 35.8. The van der Waals surface area contributed by atoms with Crippen LogP contribution in [0.1, 0.15) is 99.1 Å². The van der Waals surface area contributed by atoms with E-state index in [2.05, 4.69) is 25.3 Å². The number of ether oxygens (including phenoxy) is 4. The van der Waals surface area contributed by atoms with Gasteiger partial charge in [-0.2, -0.15) is 13.2 Å². The molecule has 0 spiro atoms. The molecule has 1 saturated heterocycles. The molecule has 61 heavy (non-hydrogen) atoms. The Morgan fingerprint density at radius 2 is 1.70 bits per heavy atom. The largest absolute Gasteiger partial charge is 0.494 e. The van der Waals surface area contributed by atoms with Crippen LogP contribution in [0.25, 0.3) is 11.0 Å². The van der Waals surface area contributed by atoms with Gasteiger partial charge in [-0.15, -0.1) is 0 Å². The number of nitrogens with zero attached hydrogens (tertiary/aromatic N) is 3. The van der Waals surface area contributed by atoms with E-state index in [0.29, 0.717) is 19.3 Å². The summed E-state index contributed by atoms with van der Waals surface area (Å²) in [5.74, 6) is -6.22. The Kier molecular flexibility index (Phi) is 13.8. The number of alkyl carbamates (subject to hydrolysis) is 1. The third kappa shape index (κ3) is 10.7. The number of hydrogen-bond donors (Lipinski definition) is 3. The third-order valence-corrected chi connectivity index (χ3v) is 13.6. The normalized spacial score (nSPS) is 23.7. The van der Waals surface area contributed by atoms with Gasteiger partial charge in [-0.25, -0.2) is 27.6 Å². The fraction of sp³-hybridized carbons (Fsp3) is 0.700. The van der Waals surface area contributed by atoms with Gasteiger partial charge in [0.1, 0.15) is 29.3 Å². The van der Waals surface area contributed by atoms with Gasteiger partial charge in [0.2, 0.25) is 33.4 Å². The highest BCUT2D eigenvalue weighted by molar-refractivity contribution is 7.91. The summed E-state index contributed by atoms with van der Waals surface area (Å²) in [4.78, 5) is 65.0. The summed E-state index contributed by atoms with van der Waals surface area (Å²) in [5.41, 5.74) is -4.93. The fourth-order valence-electron chi connectivity index (χ4n) is 7.69. The molecule has 21 heteroatoms. The molecule has 340 valence electrons. The Labute approximate surface area is 352 Å². The molecule has 3 fully saturated rings. The Hall–Kier alpha value is -4.53. The summed E-state index contributed by atoms with van der Waals surface area (Å²) >= 11 is 0. The second-order valence-electron chi connectivity index (χ2n) is 17.8. The number of likely N-dealkylation sites (tertiary alicyclic amines) is 1. The number of sulfonamides is 1. The number of aromatic nitrogens is 2. The van der Waals surface area contributed by atoms with Crippen molar-refractivity contribution in [1.82, 2.24) is 30.2 Å². The first kappa shape index (κ1) is 47.5. The van der Waals surface area contributed by atoms with Crippen LogP contribution in [0.4, 0.5) is 22.4 Å². The quantitative estimate of drug-likeness (QED) is 0.179. The van der Waals surface area contributed by atoms with Crippen molar-refractivity contribution < 1.29 is 64.1 Å². The van der Waals surface area contributed by atoms with E-state index in [1.807, 2.05) is 13.8 Å². The zero-order valence-corrected chi connectivity index (χ0v) is 36.6. The van der Waals surface area contributed by atoms with Crippen LogP contribution in [-0.2, 0) is 40.1 Å². The number of fused-ring (bicyclic) bond motifs is 1. The SMILES string of the molecule is CCCC(C)CC(COC)C(NC(=O)OC(C)(C)C)C(=O)N1CC(Oc2nc3cc(OC)c(F)cc3nc2C(F)(F)F)CC1C(=O)NC1(C(=O)NS(=O)(=O)C2(C)CC2)CC1C. The average Bonchev–Trinajstić information content (AvgIpc) is 4.01. The smallest absolute Gasteiger partial charge is 0.438 e. The number of nitrogens with one attached hydrogen (secondary N) is 3. The van der Waals surface area contributed by atoms with Crippen LogP contribution in [0, 0.1) is 23.6 Å². The van der Waals surface area contributed by atoms with Gasteiger partial charge in [0.15, 0.2) is 11.6 Å². The lowest BCUT2D eigenvalue weighted by Crippen LogP contribution is -2.60. The third-order valence-electron chi connectivity index (χ3n) is 11.5. The minimum Gasteiger partial charge on any atom is -0.494 e. The first-order valence-electron chi connectivity index (χ1n) is 20.2. The lowest BCUT2D eigenvalue weighted by Gasteiger charge is -2.34. The van der Waals surface area contributed by atoms with E-state index in [9.17, 15) is 45.2 Å².